The maximum Gasteiger partial charge on any atom is 0.330 e. The largest absolute Gasteiger partial charge is 0.479 e. The van der Waals surface area contributed by atoms with Crippen LogP contribution in [0.5, 0.6) is 0 Å². The Labute approximate surface area is 131 Å². The maximum absolute atomic E-state index is 13.3. The van der Waals surface area contributed by atoms with Crippen LogP contribution >= 0.6 is 11.3 Å². The predicted octanol–water partition coefficient (Wildman–Crippen LogP) is 3.37. The molecule has 116 valence electrons. The molecule has 1 amide bonds. The Morgan fingerprint density at radius 1 is 1.18 bits per heavy atom. The van der Waals surface area contributed by atoms with E-state index in [1.807, 2.05) is 13.0 Å². The summed E-state index contributed by atoms with van der Waals surface area (Å²) in [6.07, 6.45) is 0. The van der Waals surface area contributed by atoms with Gasteiger partial charge in [-0.25, -0.2) is 9.18 Å². The topological polar surface area (TPSA) is 66.4 Å². The lowest BCUT2D eigenvalue weighted by Gasteiger charge is -2.15. The third-order valence-corrected chi connectivity index (χ3v) is 4.44. The summed E-state index contributed by atoms with van der Waals surface area (Å²) >= 11 is 1.31. The van der Waals surface area contributed by atoms with E-state index >= 15 is 0 Å². The van der Waals surface area contributed by atoms with Crippen LogP contribution in [0.25, 0.3) is 0 Å². The molecule has 2 N–H and O–H groups in total. The molecule has 0 aliphatic rings. The molecule has 0 bridgehead atoms. The van der Waals surface area contributed by atoms with E-state index in [4.69, 9.17) is 0 Å². The first-order valence-corrected chi connectivity index (χ1v) is 7.48. The lowest BCUT2D eigenvalue weighted by molar-refractivity contribution is -0.139. The van der Waals surface area contributed by atoms with Crippen molar-refractivity contribution in [3.8, 4) is 0 Å². The molecule has 4 nitrogen and oxygen atoms in total. The molecule has 0 spiro atoms. The summed E-state index contributed by atoms with van der Waals surface area (Å²) in [5, 5.41) is 11.9. The van der Waals surface area contributed by atoms with E-state index in [0.29, 0.717) is 16.0 Å². The van der Waals surface area contributed by atoms with E-state index < -0.39 is 23.7 Å². The molecule has 0 saturated carbocycles. The highest BCUT2D eigenvalue weighted by atomic mass is 32.1. The summed E-state index contributed by atoms with van der Waals surface area (Å²) < 4.78 is 13.3. The maximum atomic E-state index is 13.3. The van der Waals surface area contributed by atoms with Gasteiger partial charge in [0.15, 0.2) is 6.04 Å². The first-order valence-electron chi connectivity index (χ1n) is 6.66. The molecule has 1 aromatic heterocycles. The molecule has 2 aromatic rings. The van der Waals surface area contributed by atoms with Crippen molar-refractivity contribution in [1.82, 2.24) is 5.32 Å². The van der Waals surface area contributed by atoms with Crippen LogP contribution in [0.1, 0.15) is 37.3 Å². The van der Waals surface area contributed by atoms with Gasteiger partial charge in [0.1, 0.15) is 5.82 Å². The Morgan fingerprint density at radius 3 is 2.36 bits per heavy atom. The third-order valence-electron chi connectivity index (χ3n) is 3.28. The first-order chi connectivity index (χ1) is 10.3. The number of aryl methyl sites for hydroxylation is 3. The quantitative estimate of drug-likeness (QED) is 0.907. The summed E-state index contributed by atoms with van der Waals surface area (Å²) in [6, 6.07) is 4.66. The van der Waals surface area contributed by atoms with Crippen LogP contribution in [0.3, 0.4) is 0 Å². The molecule has 0 fully saturated rings. The zero-order valence-corrected chi connectivity index (χ0v) is 13.3. The molecule has 1 aromatic carbocycles. The fourth-order valence-corrected chi connectivity index (χ4v) is 3.13. The monoisotopic (exact) mass is 321 g/mol. The van der Waals surface area contributed by atoms with Crippen LogP contribution in [0.15, 0.2) is 24.3 Å². The minimum Gasteiger partial charge on any atom is -0.479 e. The number of halogens is 1. The Balaban J connectivity index is 2.29. The van der Waals surface area contributed by atoms with Gasteiger partial charge in [-0.3, -0.25) is 4.79 Å². The van der Waals surface area contributed by atoms with Crippen molar-refractivity contribution in [1.29, 1.82) is 0 Å². The van der Waals surface area contributed by atoms with Gasteiger partial charge in [0, 0.05) is 4.88 Å². The van der Waals surface area contributed by atoms with E-state index in [9.17, 15) is 19.1 Å². The average molecular weight is 321 g/mol. The second kappa shape index (κ2) is 6.27. The number of amides is 1. The first kappa shape index (κ1) is 16.2. The highest BCUT2D eigenvalue weighted by Gasteiger charge is 2.24. The zero-order valence-electron chi connectivity index (χ0n) is 12.4. The molecular weight excluding hydrogens is 305 g/mol. The van der Waals surface area contributed by atoms with E-state index in [2.05, 4.69) is 5.32 Å². The number of hydrogen-bond donors (Lipinski definition) is 2. The Kier molecular flexibility index (Phi) is 4.61. The number of hydrogen-bond acceptors (Lipinski definition) is 3. The second-order valence-electron chi connectivity index (χ2n) is 5.12. The van der Waals surface area contributed by atoms with Crippen LogP contribution in [-0.2, 0) is 4.79 Å². The summed E-state index contributed by atoms with van der Waals surface area (Å²) in [6.45, 7) is 5.23. The predicted molar refractivity (Wildman–Crippen MR) is 82.8 cm³/mol. The van der Waals surface area contributed by atoms with Gasteiger partial charge in [0.05, 0.1) is 4.88 Å². The smallest absolute Gasteiger partial charge is 0.330 e. The van der Waals surface area contributed by atoms with Crippen molar-refractivity contribution in [2.75, 3.05) is 0 Å². The van der Waals surface area contributed by atoms with Crippen LogP contribution in [0.4, 0.5) is 4.39 Å². The van der Waals surface area contributed by atoms with Crippen LogP contribution in [0.2, 0.25) is 0 Å². The molecular formula is C16H16FNO3S. The van der Waals surface area contributed by atoms with Gasteiger partial charge in [-0.2, -0.15) is 0 Å². The normalized spacial score (nSPS) is 12.0. The number of benzene rings is 1. The highest BCUT2D eigenvalue weighted by Crippen LogP contribution is 2.23. The Hall–Kier alpha value is -2.21. The van der Waals surface area contributed by atoms with Crippen molar-refractivity contribution in [2.24, 2.45) is 0 Å². The standard InChI is InChI=1S/C16H16FNO3S/c1-8-7-11(4-5-12(8)17)13(16(20)21)18-15(19)14-9(2)6-10(3)22-14/h4-7,13H,1-3H3,(H,18,19)(H,20,21). The minimum atomic E-state index is -1.21. The lowest BCUT2D eigenvalue weighted by atomic mass is 10.0. The molecule has 0 aliphatic heterocycles. The van der Waals surface area contributed by atoms with Gasteiger partial charge >= 0.3 is 5.97 Å². The summed E-state index contributed by atoms with van der Waals surface area (Å²) in [5.74, 6) is -2.04. The van der Waals surface area contributed by atoms with E-state index in [1.165, 1.54) is 29.5 Å². The number of rotatable bonds is 4. The summed E-state index contributed by atoms with van der Waals surface area (Å²) in [5.41, 5.74) is 1.48. The molecule has 1 unspecified atom stereocenters. The van der Waals surface area contributed by atoms with E-state index in [0.717, 1.165) is 10.4 Å². The van der Waals surface area contributed by atoms with Crippen molar-refractivity contribution in [3.05, 3.63) is 56.5 Å². The minimum absolute atomic E-state index is 0.334. The molecule has 1 heterocycles. The molecule has 22 heavy (non-hydrogen) atoms. The molecule has 0 saturated heterocycles. The van der Waals surface area contributed by atoms with Crippen molar-refractivity contribution >= 4 is 23.2 Å². The second-order valence-corrected chi connectivity index (χ2v) is 6.38. The SMILES string of the molecule is Cc1cc(C)c(C(=O)NC(C(=O)O)c2ccc(F)c(C)c2)s1. The van der Waals surface area contributed by atoms with Crippen LogP contribution in [-0.4, -0.2) is 17.0 Å². The fraction of sp³-hybridized carbons (Fsp3) is 0.250. The number of nitrogens with one attached hydrogen (secondary N) is 1. The molecule has 0 radical (unpaired) electrons. The number of carboxylic acids is 1. The fourth-order valence-electron chi connectivity index (χ4n) is 2.20. The highest BCUT2D eigenvalue weighted by molar-refractivity contribution is 7.14. The number of thiophene rings is 1. The van der Waals surface area contributed by atoms with Crippen LogP contribution < -0.4 is 5.32 Å². The van der Waals surface area contributed by atoms with Crippen LogP contribution in [0, 0.1) is 26.6 Å². The number of carbonyl (C=O) groups excluding carboxylic acids is 1. The van der Waals surface area contributed by atoms with Gasteiger partial charge in [0.25, 0.3) is 5.91 Å². The van der Waals surface area contributed by atoms with Gasteiger partial charge < -0.3 is 10.4 Å². The number of carboxylic acid groups (broad SMARTS) is 1. The summed E-state index contributed by atoms with van der Waals surface area (Å²) in [4.78, 5) is 25.2. The van der Waals surface area contributed by atoms with Gasteiger partial charge in [0.2, 0.25) is 0 Å². The average Bonchev–Trinajstić information content (AvgIpc) is 2.78. The van der Waals surface area contributed by atoms with Gasteiger partial charge in [-0.15, -0.1) is 11.3 Å². The van der Waals surface area contributed by atoms with Crippen molar-refractivity contribution in [2.45, 2.75) is 26.8 Å². The van der Waals surface area contributed by atoms with Gasteiger partial charge in [-0.1, -0.05) is 12.1 Å². The summed E-state index contributed by atoms with van der Waals surface area (Å²) in [7, 11) is 0. The number of aliphatic carboxylic acids is 1. The van der Waals surface area contributed by atoms with Crippen molar-refractivity contribution in [3.63, 3.8) is 0 Å². The molecule has 1 atom stereocenters. The lowest BCUT2D eigenvalue weighted by Crippen LogP contribution is -2.33. The Morgan fingerprint density at radius 2 is 1.86 bits per heavy atom. The Bertz CT molecular complexity index is 739. The van der Waals surface area contributed by atoms with E-state index in [-0.39, 0.29) is 0 Å². The molecule has 2 rings (SSSR count). The van der Waals surface area contributed by atoms with Crippen molar-refractivity contribution < 1.29 is 19.1 Å². The third kappa shape index (κ3) is 3.33. The number of carbonyl (C=O) groups is 2. The zero-order chi connectivity index (χ0) is 16.4. The van der Waals surface area contributed by atoms with E-state index in [1.54, 1.807) is 13.8 Å². The molecule has 0 aliphatic carbocycles. The molecule has 6 heteroatoms. The van der Waals surface area contributed by atoms with Gasteiger partial charge in [-0.05, 0) is 49.6 Å².